The van der Waals surface area contributed by atoms with Crippen molar-refractivity contribution in [1.29, 1.82) is 5.26 Å². The van der Waals surface area contributed by atoms with Gasteiger partial charge >= 0.3 is 0 Å². The third-order valence-electron chi connectivity index (χ3n) is 2.94. The fraction of sp³-hybridized carbons (Fsp3) is 0.375. The van der Waals surface area contributed by atoms with Crippen LogP contribution in [0.4, 0.5) is 5.69 Å². The number of hydrogen-bond acceptors (Lipinski definition) is 5. The van der Waals surface area contributed by atoms with Crippen LogP contribution in [0.25, 0.3) is 0 Å². The lowest BCUT2D eigenvalue weighted by atomic mass is 10.2. The first-order valence-electron chi connectivity index (χ1n) is 7.01. The number of methoxy groups -OCH3 is 2. The van der Waals surface area contributed by atoms with Gasteiger partial charge in [0.05, 0.1) is 13.2 Å². The van der Waals surface area contributed by atoms with Crippen molar-refractivity contribution in [2.75, 3.05) is 45.8 Å². The van der Waals surface area contributed by atoms with Crippen molar-refractivity contribution in [3.05, 3.63) is 40.5 Å². The van der Waals surface area contributed by atoms with Crippen LogP contribution in [0.5, 0.6) is 0 Å². The summed E-state index contributed by atoms with van der Waals surface area (Å²) < 4.78 is 11.0. The Balaban J connectivity index is 2.78. The number of carbonyl (C=O) groups is 1. The van der Waals surface area contributed by atoms with Crippen molar-refractivity contribution in [1.82, 2.24) is 4.90 Å². The third kappa shape index (κ3) is 7.28. The molecule has 23 heavy (non-hydrogen) atoms. The molecule has 0 unspecified atom stereocenters. The number of nitriles is 1. The van der Waals surface area contributed by atoms with E-state index >= 15 is 0 Å². The minimum atomic E-state index is -0.449. The molecule has 0 heterocycles. The van der Waals surface area contributed by atoms with E-state index in [2.05, 4.69) is 21.2 Å². The maximum absolute atomic E-state index is 12.2. The summed E-state index contributed by atoms with van der Waals surface area (Å²) in [6.07, 6.45) is 1.53. The predicted octanol–water partition coefficient (Wildman–Crippen LogP) is 2.39. The van der Waals surface area contributed by atoms with Crippen molar-refractivity contribution >= 4 is 27.5 Å². The Morgan fingerprint density at radius 3 is 2.30 bits per heavy atom. The second-order valence-corrected chi connectivity index (χ2v) is 5.55. The second kappa shape index (κ2) is 10.8. The van der Waals surface area contributed by atoms with E-state index in [0.717, 1.165) is 4.47 Å². The molecule has 0 aromatic heterocycles. The Labute approximate surface area is 144 Å². The molecule has 0 aliphatic heterocycles. The Hall–Kier alpha value is -1.88. The minimum Gasteiger partial charge on any atom is -0.383 e. The van der Waals surface area contributed by atoms with Crippen molar-refractivity contribution in [2.24, 2.45) is 0 Å². The highest BCUT2D eigenvalue weighted by atomic mass is 79.9. The van der Waals surface area contributed by atoms with Gasteiger partial charge in [0, 0.05) is 43.7 Å². The molecule has 0 bridgehead atoms. The van der Waals surface area contributed by atoms with E-state index in [4.69, 9.17) is 9.47 Å². The number of nitrogens with one attached hydrogen (secondary N) is 1. The summed E-state index contributed by atoms with van der Waals surface area (Å²) in [5, 5.41) is 11.9. The number of carbonyl (C=O) groups excluding carboxylic acids is 1. The number of ether oxygens (including phenoxy) is 2. The molecule has 0 atom stereocenters. The van der Waals surface area contributed by atoms with E-state index in [1.807, 2.05) is 23.1 Å². The molecule has 1 aromatic carbocycles. The highest BCUT2D eigenvalue weighted by molar-refractivity contribution is 9.10. The Bertz CT molecular complexity index is 559. The third-order valence-corrected chi connectivity index (χ3v) is 3.47. The van der Waals surface area contributed by atoms with Gasteiger partial charge in [-0.25, -0.2) is 0 Å². The van der Waals surface area contributed by atoms with E-state index in [9.17, 15) is 10.1 Å². The Morgan fingerprint density at radius 2 is 1.83 bits per heavy atom. The summed E-state index contributed by atoms with van der Waals surface area (Å²) in [5.41, 5.74) is 0.653. The first-order valence-corrected chi connectivity index (χ1v) is 7.80. The van der Waals surface area contributed by atoms with Gasteiger partial charge in [0.1, 0.15) is 11.6 Å². The molecule has 0 fully saturated rings. The van der Waals surface area contributed by atoms with Crippen LogP contribution in [0.1, 0.15) is 0 Å². The van der Waals surface area contributed by atoms with Crippen LogP contribution in [0.2, 0.25) is 0 Å². The van der Waals surface area contributed by atoms with E-state index in [1.165, 1.54) is 6.20 Å². The van der Waals surface area contributed by atoms with Crippen LogP contribution in [-0.2, 0) is 14.3 Å². The molecule has 7 heteroatoms. The summed E-state index contributed by atoms with van der Waals surface area (Å²) in [6, 6.07) is 9.07. The Kier molecular flexibility index (Phi) is 8.98. The summed E-state index contributed by atoms with van der Waals surface area (Å²) in [7, 11) is 3.20. The molecule has 0 spiro atoms. The van der Waals surface area contributed by atoms with Crippen LogP contribution < -0.4 is 5.32 Å². The van der Waals surface area contributed by atoms with Gasteiger partial charge in [-0.1, -0.05) is 15.9 Å². The number of amides is 1. The van der Waals surface area contributed by atoms with Gasteiger partial charge < -0.3 is 19.7 Å². The predicted molar refractivity (Wildman–Crippen MR) is 91.8 cm³/mol. The van der Waals surface area contributed by atoms with Crippen LogP contribution >= 0.6 is 15.9 Å². The topological polar surface area (TPSA) is 74.6 Å². The van der Waals surface area contributed by atoms with Gasteiger partial charge in [-0.3, -0.25) is 4.79 Å². The SMILES string of the molecule is COCCN(/C=C(/C#N)C(=O)Nc1ccc(Br)cc1)CCOC. The molecule has 0 radical (unpaired) electrons. The second-order valence-electron chi connectivity index (χ2n) is 4.64. The average Bonchev–Trinajstić information content (AvgIpc) is 2.56. The van der Waals surface area contributed by atoms with E-state index in [-0.39, 0.29) is 5.57 Å². The molecule has 1 amide bonds. The van der Waals surface area contributed by atoms with Gasteiger partial charge in [-0.05, 0) is 24.3 Å². The van der Waals surface area contributed by atoms with Crippen molar-refractivity contribution in [2.45, 2.75) is 0 Å². The Morgan fingerprint density at radius 1 is 1.26 bits per heavy atom. The van der Waals surface area contributed by atoms with E-state index in [0.29, 0.717) is 32.0 Å². The van der Waals surface area contributed by atoms with E-state index < -0.39 is 5.91 Å². The van der Waals surface area contributed by atoms with Crippen molar-refractivity contribution < 1.29 is 14.3 Å². The first-order chi connectivity index (χ1) is 11.1. The zero-order valence-corrected chi connectivity index (χ0v) is 14.8. The molecule has 6 nitrogen and oxygen atoms in total. The summed E-state index contributed by atoms with van der Waals surface area (Å²) in [4.78, 5) is 14.0. The summed E-state index contributed by atoms with van der Waals surface area (Å²) in [5.74, 6) is -0.449. The van der Waals surface area contributed by atoms with Crippen LogP contribution in [0.3, 0.4) is 0 Å². The highest BCUT2D eigenvalue weighted by Crippen LogP contribution is 2.15. The van der Waals surface area contributed by atoms with Crippen molar-refractivity contribution in [3.63, 3.8) is 0 Å². The molecule has 1 rings (SSSR count). The average molecular weight is 382 g/mol. The zero-order valence-electron chi connectivity index (χ0n) is 13.2. The van der Waals surface area contributed by atoms with Crippen LogP contribution in [0.15, 0.2) is 40.5 Å². The first kappa shape index (κ1) is 19.2. The fourth-order valence-electron chi connectivity index (χ4n) is 1.71. The molecule has 0 saturated heterocycles. The lowest BCUT2D eigenvalue weighted by Gasteiger charge is -2.20. The van der Waals surface area contributed by atoms with Crippen LogP contribution in [-0.4, -0.2) is 51.3 Å². The lowest BCUT2D eigenvalue weighted by Crippen LogP contribution is -2.27. The zero-order chi connectivity index (χ0) is 17.1. The van der Waals surface area contributed by atoms with Gasteiger partial charge in [0.15, 0.2) is 0 Å². The monoisotopic (exact) mass is 381 g/mol. The molecule has 0 saturated carbocycles. The largest absolute Gasteiger partial charge is 0.383 e. The smallest absolute Gasteiger partial charge is 0.267 e. The van der Waals surface area contributed by atoms with E-state index in [1.54, 1.807) is 26.4 Å². The summed E-state index contributed by atoms with van der Waals surface area (Å²) in [6.45, 7) is 2.12. The molecule has 0 aliphatic carbocycles. The number of halogens is 1. The fourth-order valence-corrected chi connectivity index (χ4v) is 1.97. The minimum absolute atomic E-state index is 0.0279. The van der Waals surface area contributed by atoms with Gasteiger partial charge in [-0.2, -0.15) is 5.26 Å². The maximum Gasteiger partial charge on any atom is 0.267 e. The number of hydrogen-bond donors (Lipinski definition) is 1. The quantitative estimate of drug-likeness (QED) is 0.525. The van der Waals surface area contributed by atoms with Gasteiger partial charge in [0.2, 0.25) is 0 Å². The maximum atomic E-state index is 12.2. The molecule has 124 valence electrons. The normalized spacial score (nSPS) is 11.0. The van der Waals surface area contributed by atoms with Gasteiger partial charge in [0.25, 0.3) is 5.91 Å². The number of rotatable bonds is 9. The number of anilines is 1. The number of benzene rings is 1. The number of nitrogens with zero attached hydrogens (tertiary/aromatic N) is 2. The molecular weight excluding hydrogens is 362 g/mol. The summed E-state index contributed by atoms with van der Waals surface area (Å²) >= 11 is 3.33. The molecule has 1 aromatic rings. The van der Waals surface area contributed by atoms with Gasteiger partial charge in [-0.15, -0.1) is 0 Å². The molecule has 1 N–H and O–H groups in total. The van der Waals surface area contributed by atoms with Crippen LogP contribution in [0, 0.1) is 11.3 Å². The molecular formula is C16H20BrN3O3. The molecule has 0 aliphatic rings. The standard InChI is InChI=1S/C16H20BrN3O3/c1-22-9-7-20(8-10-23-2)12-13(11-18)16(21)19-15-5-3-14(17)4-6-15/h3-6,12H,7-10H2,1-2H3,(H,19,21)/b13-12-. The van der Waals surface area contributed by atoms with Crippen molar-refractivity contribution in [3.8, 4) is 6.07 Å². The highest BCUT2D eigenvalue weighted by Gasteiger charge is 2.11. The lowest BCUT2D eigenvalue weighted by molar-refractivity contribution is -0.112.